The molecule has 4 heteroatoms. The second-order valence-corrected chi connectivity index (χ2v) is 12.0. The predicted octanol–water partition coefficient (Wildman–Crippen LogP) is 8.01. The smallest absolute Gasteiger partial charge is 0.0630 e. The van der Waals surface area contributed by atoms with Gasteiger partial charge in [0, 0.05) is 26.6 Å². The molecule has 5 rings (SSSR count). The highest BCUT2D eigenvalue weighted by Crippen LogP contribution is 2.49. The third kappa shape index (κ3) is 5.27. The van der Waals surface area contributed by atoms with Crippen molar-refractivity contribution in [2.45, 2.75) is 0 Å². The number of hydrogen-bond acceptors (Lipinski definition) is 2. The molecule has 0 N–H and O–H groups in total. The Morgan fingerprint density at radius 1 is 0.486 bits per heavy atom. The topological polar surface area (TPSA) is 24.7 Å². The molecule has 0 spiro atoms. The minimum atomic E-state index is -2.27. The fourth-order valence-electron chi connectivity index (χ4n) is 4.03. The summed E-state index contributed by atoms with van der Waals surface area (Å²) in [6, 6.07) is 48.4. The van der Waals surface area contributed by atoms with Gasteiger partial charge in [-0.05, 0) is 42.0 Å². The Morgan fingerprint density at radius 2 is 0.914 bits per heavy atom. The van der Waals surface area contributed by atoms with Gasteiger partial charge in [0.15, 0.2) is 0 Å². The summed E-state index contributed by atoms with van der Waals surface area (Å²) in [5.41, 5.74) is 2.91. The summed E-state index contributed by atoms with van der Waals surface area (Å²) >= 11 is 3.46. The maximum absolute atomic E-state index is 5.53. The molecule has 0 saturated carbocycles. The van der Waals surface area contributed by atoms with Crippen LogP contribution in [0.3, 0.4) is 0 Å². The maximum Gasteiger partial charge on any atom is 0.0630 e. The molecule has 5 aromatic rings. The third-order valence-corrected chi connectivity index (χ3v) is 9.93. The SMILES string of the molecule is Brc1ccc(N=Cc2ccc(N=P(c3ccccc3)(c3ccccc3)c3ccccc3)cc2)cc1. The van der Waals surface area contributed by atoms with Crippen molar-refractivity contribution in [2.75, 3.05) is 0 Å². The molecule has 0 aliphatic rings. The van der Waals surface area contributed by atoms with Gasteiger partial charge in [-0.2, -0.15) is 0 Å². The Bertz CT molecular complexity index is 1360. The van der Waals surface area contributed by atoms with E-state index < -0.39 is 7.05 Å². The van der Waals surface area contributed by atoms with E-state index >= 15 is 0 Å². The van der Waals surface area contributed by atoms with Crippen LogP contribution in [0.25, 0.3) is 0 Å². The number of benzene rings is 5. The molecule has 5 aromatic carbocycles. The number of rotatable bonds is 6. The first kappa shape index (κ1) is 23.2. The van der Waals surface area contributed by atoms with E-state index in [-0.39, 0.29) is 0 Å². The maximum atomic E-state index is 5.53. The quantitative estimate of drug-likeness (QED) is 0.156. The van der Waals surface area contributed by atoms with Crippen molar-refractivity contribution in [3.05, 3.63) is 150 Å². The zero-order valence-electron chi connectivity index (χ0n) is 19.1. The van der Waals surface area contributed by atoms with Crippen molar-refractivity contribution in [1.29, 1.82) is 0 Å². The molecule has 0 bridgehead atoms. The van der Waals surface area contributed by atoms with Crippen LogP contribution in [-0.2, 0) is 0 Å². The van der Waals surface area contributed by atoms with Gasteiger partial charge in [0.25, 0.3) is 0 Å². The van der Waals surface area contributed by atoms with Gasteiger partial charge in [0.2, 0.25) is 0 Å². The molecule has 0 fully saturated rings. The van der Waals surface area contributed by atoms with E-state index in [2.05, 4.69) is 136 Å². The molecule has 0 aliphatic heterocycles. The van der Waals surface area contributed by atoms with Gasteiger partial charge in [0.05, 0.1) is 18.4 Å². The van der Waals surface area contributed by atoms with E-state index in [1.807, 2.05) is 30.5 Å². The Labute approximate surface area is 215 Å². The van der Waals surface area contributed by atoms with Gasteiger partial charge in [-0.15, -0.1) is 0 Å². The summed E-state index contributed by atoms with van der Waals surface area (Å²) in [5.74, 6) is 0. The monoisotopic (exact) mass is 534 g/mol. The highest BCUT2D eigenvalue weighted by atomic mass is 79.9. The molecule has 170 valence electrons. The van der Waals surface area contributed by atoms with E-state index in [0.29, 0.717) is 0 Å². The first-order valence-corrected chi connectivity index (χ1v) is 14.0. The van der Waals surface area contributed by atoms with E-state index in [1.165, 1.54) is 15.9 Å². The molecule has 0 amide bonds. The highest BCUT2D eigenvalue weighted by molar-refractivity contribution is 9.10. The van der Waals surface area contributed by atoms with Gasteiger partial charge >= 0.3 is 0 Å². The minimum Gasteiger partial charge on any atom is -0.256 e. The van der Waals surface area contributed by atoms with Crippen LogP contribution in [0, 0.1) is 0 Å². The summed E-state index contributed by atoms with van der Waals surface area (Å²) in [7, 11) is -2.27. The predicted molar refractivity (Wildman–Crippen MR) is 155 cm³/mol. The number of aliphatic imine (C=N–C) groups is 1. The summed E-state index contributed by atoms with van der Waals surface area (Å²) in [5, 5.41) is 3.70. The standard InChI is InChI=1S/C31H24BrN2P/c32-26-18-22-27(23-19-26)33-24-25-16-20-28(21-17-25)34-35(29-10-4-1-5-11-29,30-12-6-2-7-13-30)31-14-8-3-9-15-31/h1-24H. The highest BCUT2D eigenvalue weighted by Gasteiger charge is 2.27. The Hall–Kier alpha value is -3.52. The number of hydrogen-bond donors (Lipinski definition) is 0. The molecule has 0 atom stereocenters. The van der Waals surface area contributed by atoms with E-state index in [4.69, 9.17) is 4.74 Å². The van der Waals surface area contributed by atoms with Gasteiger partial charge in [-0.3, -0.25) is 9.74 Å². The average Bonchev–Trinajstić information content (AvgIpc) is 2.93. The zero-order valence-corrected chi connectivity index (χ0v) is 21.6. The molecule has 0 radical (unpaired) electrons. The van der Waals surface area contributed by atoms with Crippen molar-refractivity contribution in [3.8, 4) is 0 Å². The molecule has 0 unspecified atom stereocenters. The molecule has 2 nitrogen and oxygen atoms in total. The lowest BCUT2D eigenvalue weighted by Crippen LogP contribution is -2.25. The molecular formula is C31H24BrN2P. The van der Waals surface area contributed by atoms with Crippen molar-refractivity contribution in [1.82, 2.24) is 0 Å². The summed E-state index contributed by atoms with van der Waals surface area (Å²) < 4.78 is 6.58. The van der Waals surface area contributed by atoms with Crippen molar-refractivity contribution >= 4 is 56.5 Å². The second kappa shape index (κ2) is 10.8. The molecule has 0 saturated heterocycles. The van der Waals surface area contributed by atoms with Crippen molar-refractivity contribution in [2.24, 2.45) is 9.74 Å². The number of nitrogens with zero attached hydrogens (tertiary/aromatic N) is 2. The molecule has 0 aliphatic carbocycles. The van der Waals surface area contributed by atoms with Crippen LogP contribution >= 0.6 is 23.0 Å². The first-order valence-electron chi connectivity index (χ1n) is 11.4. The number of halogens is 1. The van der Waals surface area contributed by atoms with Crippen LogP contribution in [0.15, 0.2) is 154 Å². The van der Waals surface area contributed by atoms with E-state index in [9.17, 15) is 0 Å². The molecular weight excluding hydrogens is 511 g/mol. The zero-order chi connectivity index (χ0) is 23.9. The summed E-state index contributed by atoms with van der Waals surface area (Å²) in [6.07, 6.45) is 1.89. The average molecular weight is 535 g/mol. The van der Waals surface area contributed by atoms with Crippen LogP contribution < -0.4 is 15.9 Å². The Balaban J connectivity index is 1.62. The summed E-state index contributed by atoms with van der Waals surface area (Å²) in [4.78, 5) is 4.60. The van der Waals surface area contributed by atoms with Crippen LogP contribution in [0.4, 0.5) is 11.4 Å². The lowest BCUT2D eigenvalue weighted by molar-refractivity contribution is 1.50. The lowest BCUT2D eigenvalue weighted by atomic mass is 10.2. The van der Waals surface area contributed by atoms with Gasteiger partial charge in [0.1, 0.15) is 0 Å². The minimum absolute atomic E-state index is 0.920. The Kier molecular flexibility index (Phi) is 7.18. The van der Waals surface area contributed by atoms with Crippen molar-refractivity contribution < 1.29 is 0 Å². The molecule has 0 heterocycles. The Morgan fingerprint density at radius 3 is 1.37 bits per heavy atom. The van der Waals surface area contributed by atoms with Crippen molar-refractivity contribution in [3.63, 3.8) is 0 Å². The van der Waals surface area contributed by atoms with Gasteiger partial charge < -0.3 is 0 Å². The van der Waals surface area contributed by atoms with Crippen LogP contribution in [-0.4, -0.2) is 6.21 Å². The second-order valence-electron chi connectivity index (χ2n) is 8.07. The largest absolute Gasteiger partial charge is 0.256 e. The first-order chi connectivity index (χ1) is 17.2. The van der Waals surface area contributed by atoms with Crippen LogP contribution in [0.1, 0.15) is 5.56 Å². The fourth-order valence-corrected chi connectivity index (χ4v) is 7.82. The van der Waals surface area contributed by atoms with Gasteiger partial charge in [-0.1, -0.05) is 119 Å². The normalized spacial score (nSPS) is 11.5. The molecule has 0 aromatic heterocycles. The van der Waals surface area contributed by atoms with Gasteiger partial charge in [-0.25, -0.2) is 0 Å². The summed E-state index contributed by atoms with van der Waals surface area (Å²) in [6.45, 7) is 0. The van der Waals surface area contributed by atoms with Crippen LogP contribution in [0.5, 0.6) is 0 Å². The molecule has 35 heavy (non-hydrogen) atoms. The van der Waals surface area contributed by atoms with Crippen LogP contribution in [0.2, 0.25) is 0 Å². The lowest BCUT2D eigenvalue weighted by Gasteiger charge is -2.27. The van der Waals surface area contributed by atoms with E-state index in [1.54, 1.807) is 0 Å². The fraction of sp³-hybridized carbons (Fsp3) is 0. The third-order valence-electron chi connectivity index (χ3n) is 5.74. The van der Waals surface area contributed by atoms with E-state index in [0.717, 1.165) is 21.4 Å².